The summed E-state index contributed by atoms with van der Waals surface area (Å²) in [5, 5.41) is 21.6. The number of nitrogens with one attached hydrogen (secondary N) is 3. The van der Waals surface area contributed by atoms with E-state index in [1.54, 1.807) is 93.6 Å². The molecule has 141 heavy (non-hydrogen) atoms. The van der Waals surface area contributed by atoms with Crippen LogP contribution in [0.25, 0.3) is 78.2 Å². The normalized spacial score (nSPS) is 23.4. The predicted octanol–water partition coefficient (Wildman–Crippen LogP) is 13.4. The number of fused-ring (bicyclic) bond motifs is 9. The number of sulfonamides is 1. The highest BCUT2D eigenvalue weighted by atomic mass is 79.9. The Morgan fingerprint density at radius 1 is 0.461 bits per heavy atom. The van der Waals surface area contributed by atoms with Crippen LogP contribution in [0.15, 0.2) is 154 Å². The van der Waals surface area contributed by atoms with E-state index < -0.39 is 39.5 Å². The minimum Gasteiger partial charge on any atom is -0.377 e. The fourth-order valence-electron chi connectivity index (χ4n) is 21.3. The first-order valence-corrected chi connectivity index (χ1v) is 51.4. The van der Waals surface area contributed by atoms with Gasteiger partial charge in [-0.3, -0.25) is 57.2 Å². The van der Waals surface area contributed by atoms with Crippen LogP contribution in [0.2, 0.25) is 0 Å². The monoisotopic (exact) mass is 2110 g/mol. The Kier molecular flexibility index (Phi) is 27.5. The number of Topliss-reactive ketones (excluding diaryl/α,β-unsaturated/α-hetero) is 4. The third kappa shape index (κ3) is 20.6. The number of anilines is 2. The summed E-state index contributed by atoms with van der Waals surface area (Å²) in [4.78, 5) is 172. The number of halogens is 3. The van der Waals surface area contributed by atoms with Crippen molar-refractivity contribution in [1.82, 2.24) is 103 Å². The van der Waals surface area contributed by atoms with Gasteiger partial charge in [0.1, 0.15) is 91.7 Å². The van der Waals surface area contributed by atoms with Gasteiger partial charge in [-0.25, -0.2) is 58.0 Å². The number of hydrogen-bond donors (Lipinski definition) is 3. The lowest BCUT2D eigenvalue weighted by atomic mass is 9.94. The Morgan fingerprint density at radius 3 is 1.35 bits per heavy atom. The van der Waals surface area contributed by atoms with Gasteiger partial charge in [0, 0.05) is 163 Å². The minimum atomic E-state index is -3.59. The van der Waals surface area contributed by atoms with E-state index >= 15 is 0 Å². The second-order valence-electron chi connectivity index (χ2n) is 38.7. The molecule has 15 heterocycles. The quantitative estimate of drug-likeness (QED) is 0.0755. The molecule has 9 atom stereocenters. The molecule has 728 valence electrons. The molecule has 3 N–H and O–H groups in total. The van der Waals surface area contributed by atoms with E-state index in [9.17, 15) is 51.6 Å². The number of ether oxygens (including phenoxy) is 1. The summed E-state index contributed by atoms with van der Waals surface area (Å²) in [7, 11) is 0.664. The number of likely N-dealkylation sites (tertiary alicyclic amines) is 3. The number of benzene rings is 3. The molecule has 0 unspecified atom stereocenters. The number of carbonyl (C=O) groups excluding carboxylic acids is 9. The second kappa shape index (κ2) is 39.8. The molecule has 3 aromatic carbocycles. The highest BCUT2D eigenvalue weighted by molar-refractivity contribution is 9.11. The van der Waals surface area contributed by atoms with Gasteiger partial charge in [-0.2, -0.15) is 15.3 Å². The summed E-state index contributed by atoms with van der Waals surface area (Å²) in [5.41, 5.74) is 9.89. The van der Waals surface area contributed by atoms with Crippen molar-refractivity contribution in [2.75, 3.05) is 69.8 Å². The first-order valence-electron chi connectivity index (χ1n) is 47.4. The summed E-state index contributed by atoms with van der Waals surface area (Å²) < 4.78 is 40.8. The maximum absolute atomic E-state index is 14.3. The van der Waals surface area contributed by atoms with Crippen molar-refractivity contribution >= 4 is 167 Å². The molecule has 35 nitrogen and oxygen atoms in total. The highest BCUT2D eigenvalue weighted by Crippen LogP contribution is 2.63. The molecule has 6 bridgehead atoms. The Morgan fingerprint density at radius 2 is 0.865 bits per heavy atom. The maximum atomic E-state index is 14.3. The number of ketones is 4. The molecule has 12 aromatic rings. The van der Waals surface area contributed by atoms with Crippen molar-refractivity contribution in [3.63, 3.8) is 0 Å². The van der Waals surface area contributed by atoms with Crippen LogP contribution in [0.3, 0.4) is 0 Å². The Balaban J connectivity index is 0.000000134. The summed E-state index contributed by atoms with van der Waals surface area (Å²) in [6, 6.07) is 25.5. The first kappa shape index (κ1) is 97.3. The van der Waals surface area contributed by atoms with Crippen molar-refractivity contribution in [2.45, 2.75) is 188 Å². The molecular formula is C102H106Br3N23O12S. The number of aryl methyl sites for hydroxylation is 3. The van der Waals surface area contributed by atoms with Crippen LogP contribution in [0.5, 0.6) is 0 Å². The Bertz CT molecular complexity index is 7240. The number of allylic oxidation sites excluding steroid dienone is 2. The van der Waals surface area contributed by atoms with Crippen molar-refractivity contribution in [3.8, 4) is 33.4 Å². The molecule has 6 fully saturated rings. The zero-order valence-electron chi connectivity index (χ0n) is 79.3. The minimum absolute atomic E-state index is 0.00223. The lowest BCUT2D eigenvalue weighted by molar-refractivity contribution is -0.139. The molecule has 39 heteroatoms. The van der Waals surface area contributed by atoms with Crippen LogP contribution in [-0.4, -0.2) is 255 Å². The fourth-order valence-corrected chi connectivity index (χ4v) is 23.4. The van der Waals surface area contributed by atoms with Gasteiger partial charge >= 0.3 is 0 Å². The number of hydrogen-bond acceptors (Lipinski definition) is 26. The predicted molar refractivity (Wildman–Crippen MR) is 539 cm³/mol. The molecule has 9 aliphatic rings. The smallest absolute Gasteiger partial charge is 0.248 e. The van der Waals surface area contributed by atoms with E-state index in [0.29, 0.717) is 125 Å². The van der Waals surface area contributed by atoms with Gasteiger partial charge in [-0.15, -0.1) is 0 Å². The van der Waals surface area contributed by atoms with Gasteiger partial charge in [0.15, 0.2) is 23.1 Å². The number of amides is 5. The van der Waals surface area contributed by atoms with Crippen LogP contribution in [0, 0.1) is 37.0 Å². The molecular weight excluding hydrogens is 2010 g/mol. The van der Waals surface area contributed by atoms with Crippen LogP contribution < -0.4 is 15.4 Å². The van der Waals surface area contributed by atoms with E-state index in [4.69, 9.17) is 4.74 Å². The summed E-state index contributed by atoms with van der Waals surface area (Å²) in [6.45, 7) is 14.1. The van der Waals surface area contributed by atoms with Crippen LogP contribution >= 0.6 is 47.8 Å². The maximum Gasteiger partial charge on any atom is 0.248 e. The number of nitrogens with zero attached hydrogens (tertiary/aromatic N) is 20. The topological polar surface area (TPSA) is 419 Å². The van der Waals surface area contributed by atoms with Crippen LogP contribution in [0.1, 0.15) is 169 Å². The summed E-state index contributed by atoms with van der Waals surface area (Å²) in [5.74, 6) is 0.580. The van der Waals surface area contributed by atoms with Gasteiger partial charge in [0.25, 0.3) is 0 Å². The molecule has 3 spiro atoms. The van der Waals surface area contributed by atoms with Gasteiger partial charge in [0.05, 0.1) is 47.1 Å². The molecule has 3 aliphatic carbocycles. The largest absolute Gasteiger partial charge is 0.377 e. The molecule has 3 saturated heterocycles. The van der Waals surface area contributed by atoms with Crippen LogP contribution in [-0.2, 0) is 76.2 Å². The lowest BCUT2D eigenvalue weighted by Gasteiger charge is -2.27. The van der Waals surface area contributed by atoms with E-state index in [2.05, 4.69) is 159 Å². The number of rotatable bonds is 12. The number of pyridine rings is 3. The van der Waals surface area contributed by atoms with Gasteiger partial charge in [0.2, 0.25) is 39.6 Å². The molecule has 9 aromatic heterocycles. The molecule has 21 rings (SSSR count). The second-order valence-corrected chi connectivity index (χ2v) is 43.1. The molecule has 0 radical (unpaired) electrons. The van der Waals surface area contributed by atoms with Gasteiger partial charge < -0.3 is 39.9 Å². The van der Waals surface area contributed by atoms with Crippen molar-refractivity contribution in [3.05, 3.63) is 211 Å². The van der Waals surface area contributed by atoms with E-state index in [0.717, 1.165) is 116 Å². The zero-order valence-corrected chi connectivity index (χ0v) is 84.8. The van der Waals surface area contributed by atoms with Gasteiger partial charge in [-0.1, -0.05) is 54.6 Å². The number of carbonyl (C=O) groups is 9. The average Bonchev–Trinajstić information content (AvgIpc) is 1.54. The Hall–Kier alpha value is -12.5. The lowest BCUT2D eigenvalue weighted by Crippen LogP contribution is -2.47. The van der Waals surface area contributed by atoms with Gasteiger partial charge in [-0.05, 0) is 256 Å². The molecule has 6 aliphatic heterocycles. The van der Waals surface area contributed by atoms with E-state index in [1.165, 1.54) is 25.5 Å². The fraction of sp³-hybridized carbons (Fsp3) is 0.402. The summed E-state index contributed by atoms with van der Waals surface area (Å²) >= 11 is 10.3. The average molecular weight is 2120 g/mol. The number of aromatic nitrogens is 15. The zero-order chi connectivity index (χ0) is 98.8. The SMILES string of the molecule is CC(=O)c1nn(CC(=O)N2[C@H]3C[C@@]4(CNS(=O)(=O)CCC=Cc5ccc(Br)nc5NC3=O)C[C@@H]24)c2ccc(-c3cnc(C)nc3)cc12.CC(=O)c1nn(CC(=O)N2[C@H]3C[C@]4(C[C@@H]24)CN(C)CCCCC=Cc2ccc(Br)nc2CC3=O)c2ccc(-c3cnc(C)nc3)cc12.CC(=O)c1nn(CC(=O)N2[C@H]3C[C@]4(C[C@@H]24)CN(C)CCCCOCc2ccc(Br)nc2NC3=O)c2ccc(-c3cnc(C)nc3)cc12. The highest BCUT2D eigenvalue weighted by Gasteiger charge is 2.70. The molecule has 3 saturated carbocycles. The third-order valence-corrected chi connectivity index (χ3v) is 31.3. The third-order valence-electron chi connectivity index (χ3n) is 28.6. The van der Waals surface area contributed by atoms with E-state index in [1.807, 2.05) is 91.5 Å². The summed E-state index contributed by atoms with van der Waals surface area (Å²) in [6.07, 6.45) is 27.4. The van der Waals surface area contributed by atoms with Crippen molar-refractivity contribution < 1.29 is 56.3 Å². The van der Waals surface area contributed by atoms with E-state index in [-0.39, 0.29) is 138 Å². The van der Waals surface area contributed by atoms with Crippen LogP contribution in [0.4, 0.5) is 11.6 Å². The van der Waals surface area contributed by atoms with Crippen molar-refractivity contribution in [2.24, 2.45) is 16.2 Å². The first-order chi connectivity index (χ1) is 67.7. The Labute approximate surface area is 838 Å². The molecule has 5 amide bonds. The number of piperidine rings is 3. The van der Waals surface area contributed by atoms with Crippen molar-refractivity contribution in [1.29, 1.82) is 0 Å². The standard InChI is InChI=1S/C36H38BrN7O3.C34H37BrN8O4.C32H31BrN8O5S/c1-22(45)35-27-14-25(26-18-38-23(2)39-19-26)9-11-29(27)43(41-35)20-34(47)44-30-16-36(17-32(36)44)21-42(3)13-7-5-4-6-8-24-10-12-33(37)40-28(24)15-31(30)46;1-20(44)31-25-12-22(24-15-36-21(2)37-16-24)6-8-26(25)42(40-31)17-30(45)43-27-13-34(14-28(34)43)19-41(3)10-4-5-11-47-18-23-7-9-29(35)38-32(23)39-33(27)46;1-18(42)29-23-11-21(22-14-34-19(2)35-15-22)6-8-24(23)40(39-29)16-28(43)41-25-12-32(13-26(32)41)17-36-47(45,46)10-4-3-5-20-7-9-27(33)37-30(20)38-31(25)44/h6,8-12,14,18-19,30,32H,4-5,7,13,15-17,20-21H2,1-3H3;6-9,12,15-16,27-28H,4-5,10-11,13-14,17-19H2,1-3H3,(H,38,39,46);3,5-9,11,14-15,25-26,36H,4,10,12-13,16-17H2,1-2H3,(H,37,38,44)/t30-,32+,36-;27-,28+,34-;25-,26+,32-/m000/s1.